The summed E-state index contributed by atoms with van der Waals surface area (Å²) < 4.78 is 0. The lowest BCUT2D eigenvalue weighted by Crippen LogP contribution is -2.44. The molecule has 27 heavy (non-hydrogen) atoms. The maximum Gasteiger partial charge on any atom is 0.0400 e. The van der Waals surface area contributed by atoms with Gasteiger partial charge in [-0.25, -0.2) is 0 Å². The van der Waals surface area contributed by atoms with Gasteiger partial charge in [0.05, 0.1) is 0 Å². The predicted octanol–water partition coefficient (Wildman–Crippen LogP) is 4.72. The molecule has 1 heterocycles. The highest BCUT2D eigenvalue weighted by atomic mass is 15.2. The zero-order chi connectivity index (χ0) is 18.5. The van der Waals surface area contributed by atoms with Gasteiger partial charge < -0.3 is 15.1 Å². The molecule has 0 spiro atoms. The fourth-order valence-electron chi connectivity index (χ4n) is 3.50. The summed E-state index contributed by atoms with van der Waals surface area (Å²) in [5.41, 5.74) is 6.30. The van der Waals surface area contributed by atoms with Crippen LogP contribution in [0.4, 0.5) is 11.4 Å². The summed E-state index contributed by atoms with van der Waals surface area (Å²) in [5, 5.41) is 3.53. The molecule has 3 nitrogen and oxygen atoms in total. The highest BCUT2D eigenvalue weighted by molar-refractivity contribution is 5.63. The van der Waals surface area contributed by atoms with Crippen molar-refractivity contribution in [2.75, 3.05) is 43.4 Å². The van der Waals surface area contributed by atoms with Gasteiger partial charge in [-0.05, 0) is 48.0 Å². The summed E-state index contributed by atoms with van der Waals surface area (Å²) in [5.74, 6) is 0. The number of hydrogen-bond donors (Lipinski definition) is 1. The number of nitrogens with one attached hydrogen (secondary N) is 1. The van der Waals surface area contributed by atoms with E-state index in [1.165, 1.54) is 28.1 Å². The van der Waals surface area contributed by atoms with E-state index in [1.807, 2.05) is 0 Å². The van der Waals surface area contributed by atoms with Crippen LogP contribution in [0, 0.1) is 0 Å². The van der Waals surface area contributed by atoms with Crippen molar-refractivity contribution >= 4 is 11.4 Å². The minimum Gasteiger partial charge on any atom is -0.381 e. The van der Waals surface area contributed by atoms with Crippen LogP contribution < -0.4 is 10.2 Å². The molecule has 0 unspecified atom stereocenters. The summed E-state index contributed by atoms with van der Waals surface area (Å²) in [6.07, 6.45) is 0. The Hall–Kier alpha value is -2.78. The third kappa shape index (κ3) is 4.50. The van der Waals surface area contributed by atoms with Crippen LogP contribution in [0.1, 0.15) is 5.56 Å². The van der Waals surface area contributed by atoms with E-state index in [9.17, 15) is 0 Å². The number of hydrogen-bond acceptors (Lipinski definition) is 3. The average molecular weight is 358 g/mol. The van der Waals surface area contributed by atoms with Gasteiger partial charge in [-0.15, -0.1) is 0 Å². The zero-order valence-electron chi connectivity index (χ0n) is 15.9. The second-order valence-electron chi connectivity index (χ2n) is 7.25. The molecule has 1 saturated heterocycles. The van der Waals surface area contributed by atoms with Gasteiger partial charge in [-0.3, -0.25) is 0 Å². The molecule has 1 fully saturated rings. The Kier molecular flexibility index (Phi) is 5.40. The van der Waals surface area contributed by atoms with E-state index in [1.54, 1.807) is 0 Å². The number of nitrogens with zero attached hydrogens (tertiary/aromatic N) is 2. The second kappa shape index (κ2) is 8.28. The first-order valence-corrected chi connectivity index (χ1v) is 9.70. The molecule has 1 N–H and O–H groups in total. The molecule has 4 rings (SSSR count). The molecule has 1 aliphatic rings. The summed E-state index contributed by atoms with van der Waals surface area (Å²) in [6, 6.07) is 28.1. The van der Waals surface area contributed by atoms with E-state index in [-0.39, 0.29) is 0 Å². The number of likely N-dealkylation sites (N-methyl/N-ethyl adjacent to an activating group) is 1. The molecule has 0 aliphatic carbocycles. The number of rotatable bonds is 5. The van der Waals surface area contributed by atoms with Crippen LogP contribution in [0.3, 0.4) is 0 Å². The van der Waals surface area contributed by atoms with Crippen LogP contribution in [0.15, 0.2) is 78.9 Å². The monoisotopic (exact) mass is 357 g/mol. The summed E-state index contributed by atoms with van der Waals surface area (Å²) >= 11 is 0. The number of benzene rings is 3. The summed E-state index contributed by atoms with van der Waals surface area (Å²) in [4.78, 5) is 4.85. The largest absolute Gasteiger partial charge is 0.381 e. The molecule has 3 heteroatoms. The number of anilines is 2. The van der Waals surface area contributed by atoms with Crippen molar-refractivity contribution in [3.05, 3.63) is 84.4 Å². The third-order valence-corrected chi connectivity index (χ3v) is 5.29. The van der Waals surface area contributed by atoms with Crippen molar-refractivity contribution in [2.24, 2.45) is 0 Å². The molecule has 0 radical (unpaired) electrons. The molecule has 0 aromatic heterocycles. The predicted molar refractivity (Wildman–Crippen MR) is 115 cm³/mol. The molecule has 3 aromatic rings. The topological polar surface area (TPSA) is 18.5 Å². The Morgan fingerprint density at radius 3 is 2.00 bits per heavy atom. The summed E-state index contributed by atoms with van der Waals surface area (Å²) in [6.45, 7) is 5.33. The molecule has 0 saturated carbocycles. The Bertz CT molecular complexity index is 833. The maximum absolute atomic E-state index is 3.53. The lowest BCUT2D eigenvalue weighted by atomic mass is 10.0. The minimum atomic E-state index is 0.836. The molecule has 0 amide bonds. The van der Waals surface area contributed by atoms with Gasteiger partial charge in [-0.2, -0.15) is 0 Å². The number of piperazine rings is 1. The average Bonchev–Trinajstić information content (AvgIpc) is 2.74. The van der Waals surface area contributed by atoms with Gasteiger partial charge >= 0.3 is 0 Å². The van der Waals surface area contributed by atoms with E-state index in [0.717, 1.165) is 32.7 Å². The van der Waals surface area contributed by atoms with Gasteiger partial charge in [0.2, 0.25) is 0 Å². The molecular weight excluding hydrogens is 330 g/mol. The zero-order valence-corrected chi connectivity index (χ0v) is 15.9. The quantitative estimate of drug-likeness (QED) is 0.713. The van der Waals surface area contributed by atoms with Gasteiger partial charge in [0, 0.05) is 44.1 Å². The Morgan fingerprint density at radius 1 is 0.704 bits per heavy atom. The van der Waals surface area contributed by atoms with Crippen LogP contribution in [0.25, 0.3) is 11.1 Å². The normalized spacial score (nSPS) is 14.9. The van der Waals surface area contributed by atoms with Gasteiger partial charge in [0.1, 0.15) is 0 Å². The lowest BCUT2D eigenvalue weighted by molar-refractivity contribution is 0.313. The van der Waals surface area contributed by atoms with Crippen LogP contribution >= 0.6 is 0 Å². The van der Waals surface area contributed by atoms with Crippen molar-refractivity contribution < 1.29 is 0 Å². The maximum atomic E-state index is 3.53. The first-order chi connectivity index (χ1) is 13.3. The Balaban J connectivity index is 1.33. The van der Waals surface area contributed by atoms with Crippen LogP contribution in [0.5, 0.6) is 0 Å². The standard InChI is InChI=1S/C24H27N3/c1-26-15-17-27(18-16-26)24-13-11-23(12-14-24)25-19-20-7-9-22(10-8-20)21-5-3-2-4-6-21/h2-14,25H,15-19H2,1H3. The van der Waals surface area contributed by atoms with Crippen LogP contribution in [-0.2, 0) is 6.54 Å². The first-order valence-electron chi connectivity index (χ1n) is 9.70. The molecular formula is C24H27N3. The summed E-state index contributed by atoms with van der Waals surface area (Å²) in [7, 11) is 2.19. The fraction of sp³-hybridized carbons (Fsp3) is 0.250. The van der Waals surface area contributed by atoms with E-state index >= 15 is 0 Å². The minimum absolute atomic E-state index is 0.836. The SMILES string of the molecule is CN1CCN(c2ccc(NCc3ccc(-c4ccccc4)cc3)cc2)CC1. The molecule has 3 aromatic carbocycles. The molecule has 0 bridgehead atoms. The van der Waals surface area contributed by atoms with Gasteiger partial charge in [-0.1, -0.05) is 54.6 Å². The van der Waals surface area contributed by atoms with Crippen molar-refractivity contribution in [3.8, 4) is 11.1 Å². The van der Waals surface area contributed by atoms with Gasteiger partial charge in [0.15, 0.2) is 0 Å². The lowest BCUT2D eigenvalue weighted by Gasteiger charge is -2.34. The van der Waals surface area contributed by atoms with E-state index < -0.39 is 0 Å². The molecule has 138 valence electrons. The third-order valence-electron chi connectivity index (χ3n) is 5.29. The van der Waals surface area contributed by atoms with Crippen molar-refractivity contribution in [1.29, 1.82) is 0 Å². The van der Waals surface area contributed by atoms with Crippen LogP contribution in [0.2, 0.25) is 0 Å². The van der Waals surface area contributed by atoms with Crippen molar-refractivity contribution in [3.63, 3.8) is 0 Å². The van der Waals surface area contributed by atoms with Gasteiger partial charge in [0.25, 0.3) is 0 Å². The van der Waals surface area contributed by atoms with Crippen LogP contribution in [-0.4, -0.2) is 38.1 Å². The smallest absolute Gasteiger partial charge is 0.0400 e. The molecule has 1 aliphatic heterocycles. The van der Waals surface area contributed by atoms with Crippen molar-refractivity contribution in [2.45, 2.75) is 6.54 Å². The highest BCUT2D eigenvalue weighted by Gasteiger charge is 2.13. The van der Waals surface area contributed by atoms with E-state index in [0.29, 0.717) is 0 Å². The van der Waals surface area contributed by atoms with E-state index in [4.69, 9.17) is 0 Å². The Labute approximate surface area is 162 Å². The molecule has 0 atom stereocenters. The second-order valence-corrected chi connectivity index (χ2v) is 7.25. The van der Waals surface area contributed by atoms with Crippen molar-refractivity contribution in [1.82, 2.24) is 4.90 Å². The Morgan fingerprint density at radius 2 is 1.33 bits per heavy atom. The van der Waals surface area contributed by atoms with E-state index in [2.05, 4.69) is 101 Å². The fourth-order valence-corrected chi connectivity index (χ4v) is 3.50. The first kappa shape index (κ1) is 17.6. The highest BCUT2D eigenvalue weighted by Crippen LogP contribution is 2.21.